The highest BCUT2D eigenvalue weighted by Gasteiger charge is 2.30. The van der Waals surface area contributed by atoms with Crippen LogP contribution in [0.2, 0.25) is 5.02 Å². The highest BCUT2D eigenvalue weighted by molar-refractivity contribution is 6.30. The number of nitriles is 1. The molecule has 0 saturated carbocycles. The van der Waals surface area contributed by atoms with Crippen molar-refractivity contribution in [1.82, 2.24) is 4.90 Å². The second kappa shape index (κ2) is 10.0. The number of nitrogens with zero attached hydrogens (tertiary/aromatic N) is 3. The smallest absolute Gasteiger partial charge is 0.241 e. The van der Waals surface area contributed by atoms with Crippen molar-refractivity contribution in [1.29, 1.82) is 5.26 Å². The van der Waals surface area contributed by atoms with Gasteiger partial charge in [0.25, 0.3) is 0 Å². The first-order valence-electron chi connectivity index (χ1n) is 10.7. The van der Waals surface area contributed by atoms with Crippen molar-refractivity contribution in [2.75, 3.05) is 37.7 Å². The van der Waals surface area contributed by atoms with Gasteiger partial charge in [0.2, 0.25) is 5.91 Å². The highest BCUT2D eigenvalue weighted by Crippen LogP contribution is 2.38. The van der Waals surface area contributed by atoms with Crippen molar-refractivity contribution in [2.45, 2.75) is 31.7 Å². The number of carbonyl (C=O) groups is 1. The van der Waals surface area contributed by atoms with E-state index in [1.165, 1.54) is 0 Å². The molecule has 0 N–H and O–H groups in total. The number of benzene rings is 2. The minimum absolute atomic E-state index is 0.0289. The largest absolute Gasteiger partial charge is 0.490 e. The van der Waals surface area contributed by atoms with Crippen LogP contribution in [0.15, 0.2) is 42.5 Å². The summed E-state index contributed by atoms with van der Waals surface area (Å²) in [5, 5.41) is 9.61. The standard InChI is InChI=1S/C24H26ClN3O3/c25-19-5-1-6-20(16-19)28(12-3-10-26)24(29)17-27-11-2-7-21(27)18-8-9-22-23(15-18)31-14-4-13-30-22/h1,5-6,8-9,15-16,21H,2-4,7,11-14,17H2. The van der Waals surface area contributed by atoms with Gasteiger partial charge in [-0.15, -0.1) is 0 Å². The van der Waals surface area contributed by atoms with Crippen molar-refractivity contribution in [3.05, 3.63) is 53.1 Å². The summed E-state index contributed by atoms with van der Waals surface area (Å²) in [5.41, 5.74) is 1.86. The molecule has 162 valence electrons. The van der Waals surface area contributed by atoms with Crippen LogP contribution in [0.3, 0.4) is 0 Å². The molecule has 2 heterocycles. The molecule has 0 aliphatic carbocycles. The third kappa shape index (κ3) is 5.12. The van der Waals surface area contributed by atoms with Gasteiger partial charge in [0.05, 0.1) is 32.2 Å². The van der Waals surface area contributed by atoms with E-state index in [1.807, 2.05) is 18.2 Å². The minimum Gasteiger partial charge on any atom is -0.490 e. The zero-order valence-electron chi connectivity index (χ0n) is 17.4. The summed E-state index contributed by atoms with van der Waals surface area (Å²) < 4.78 is 11.6. The van der Waals surface area contributed by atoms with Crippen molar-refractivity contribution in [3.8, 4) is 17.6 Å². The summed E-state index contributed by atoms with van der Waals surface area (Å²) in [5.74, 6) is 1.53. The summed E-state index contributed by atoms with van der Waals surface area (Å²) in [4.78, 5) is 17.1. The van der Waals surface area contributed by atoms with E-state index in [0.29, 0.717) is 24.8 Å². The molecule has 2 aliphatic rings. The molecule has 2 aromatic rings. The quantitative estimate of drug-likeness (QED) is 0.658. The van der Waals surface area contributed by atoms with E-state index in [2.05, 4.69) is 23.1 Å². The molecule has 1 unspecified atom stereocenters. The molecule has 1 atom stereocenters. The molecule has 0 aromatic heterocycles. The van der Waals surface area contributed by atoms with Crippen LogP contribution in [-0.4, -0.2) is 43.7 Å². The number of likely N-dealkylation sites (tertiary alicyclic amines) is 1. The minimum atomic E-state index is -0.0289. The Labute approximate surface area is 187 Å². The van der Waals surface area contributed by atoms with E-state index in [-0.39, 0.29) is 24.9 Å². The average molecular weight is 440 g/mol. The van der Waals surface area contributed by atoms with Gasteiger partial charge >= 0.3 is 0 Å². The molecule has 6 nitrogen and oxygen atoms in total. The summed E-state index contributed by atoms with van der Waals surface area (Å²) in [6, 6.07) is 15.6. The number of hydrogen-bond acceptors (Lipinski definition) is 5. The highest BCUT2D eigenvalue weighted by atomic mass is 35.5. The Bertz CT molecular complexity index is 975. The topological polar surface area (TPSA) is 65.8 Å². The predicted molar refractivity (Wildman–Crippen MR) is 120 cm³/mol. The second-order valence-electron chi connectivity index (χ2n) is 7.82. The van der Waals surface area contributed by atoms with Gasteiger partial charge in [-0.2, -0.15) is 5.26 Å². The fourth-order valence-corrected chi connectivity index (χ4v) is 4.43. The fraction of sp³-hybridized carbons (Fsp3) is 0.417. The van der Waals surface area contributed by atoms with E-state index < -0.39 is 0 Å². The number of hydrogen-bond donors (Lipinski definition) is 0. The first-order valence-corrected chi connectivity index (χ1v) is 11.1. The van der Waals surface area contributed by atoms with Crippen LogP contribution in [-0.2, 0) is 4.79 Å². The molecule has 31 heavy (non-hydrogen) atoms. The van der Waals surface area contributed by atoms with Crippen LogP contribution in [0.5, 0.6) is 11.5 Å². The maximum atomic E-state index is 13.3. The zero-order valence-corrected chi connectivity index (χ0v) is 18.2. The number of anilines is 1. The third-order valence-electron chi connectivity index (χ3n) is 5.73. The fourth-order valence-electron chi connectivity index (χ4n) is 4.24. The van der Waals surface area contributed by atoms with E-state index in [4.69, 9.17) is 26.3 Å². The summed E-state index contributed by atoms with van der Waals surface area (Å²) in [6.45, 7) is 2.80. The van der Waals surface area contributed by atoms with Crippen LogP contribution < -0.4 is 14.4 Å². The Morgan fingerprint density at radius 2 is 2.00 bits per heavy atom. The zero-order chi connectivity index (χ0) is 21.6. The number of fused-ring (bicyclic) bond motifs is 1. The Morgan fingerprint density at radius 3 is 2.81 bits per heavy atom. The molecule has 2 aliphatic heterocycles. The Balaban J connectivity index is 1.51. The van der Waals surface area contributed by atoms with Crippen molar-refractivity contribution in [3.63, 3.8) is 0 Å². The number of halogens is 1. The average Bonchev–Trinajstić information content (AvgIpc) is 3.09. The summed E-state index contributed by atoms with van der Waals surface area (Å²) in [6.07, 6.45) is 3.16. The molecule has 2 aromatic carbocycles. The SMILES string of the molecule is N#CCCN(C(=O)CN1CCCC1c1ccc2c(c1)OCCCO2)c1cccc(Cl)c1. The molecule has 0 radical (unpaired) electrons. The van der Waals surface area contributed by atoms with E-state index in [9.17, 15) is 4.79 Å². The van der Waals surface area contributed by atoms with Gasteiger partial charge in [0.1, 0.15) is 0 Å². The lowest BCUT2D eigenvalue weighted by atomic mass is 10.0. The van der Waals surface area contributed by atoms with Crippen LogP contribution in [0.25, 0.3) is 0 Å². The number of rotatable bonds is 6. The first kappa shape index (κ1) is 21.5. The van der Waals surface area contributed by atoms with Crippen molar-refractivity contribution >= 4 is 23.2 Å². The molecule has 7 heteroatoms. The molecule has 4 rings (SSSR count). The maximum Gasteiger partial charge on any atom is 0.241 e. The number of carbonyl (C=O) groups excluding carboxylic acids is 1. The first-order chi connectivity index (χ1) is 15.2. The van der Waals surface area contributed by atoms with Gasteiger partial charge in [-0.25, -0.2) is 0 Å². The second-order valence-corrected chi connectivity index (χ2v) is 8.25. The lowest BCUT2D eigenvalue weighted by Gasteiger charge is -2.29. The maximum absolute atomic E-state index is 13.3. The summed E-state index contributed by atoms with van der Waals surface area (Å²) in [7, 11) is 0. The van der Waals surface area contributed by atoms with Crippen LogP contribution in [0, 0.1) is 11.3 Å². The monoisotopic (exact) mass is 439 g/mol. The molecule has 0 bridgehead atoms. The Morgan fingerprint density at radius 1 is 1.16 bits per heavy atom. The lowest BCUT2D eigenvalue weighted by Crippen LogP contribution is -2.40. The molecule has 1 amide bonds. The van der Waals surface area contributed by atoms with E-state index >= 15 is 0 Å². The lowest BCUT2D eigenvalue weighted by molar-refractivity contribution is -0.120. The Hall–Kier alpha value is -2.75. The number of amides is 1. The number of ether oxygens (including phenoxy) is 2. The normalized spacial score (nSPS) is 18.3. The van der Waals surface area contributed by atoms with Crippen molar-refractivity contribution < 1.29 is 14.3 Å². The van der Waals surface area contributed by atoms with Gasteiger partial charge in [0, 0.05) is 29.7 Å². The van der Waals surface area contributed by atoms with E-state index in [1.54, 1.807) is 17.0 Å². The molecule has 0 spiro atoms. The summed E-state index contributed by atoms with van der Waals surface area (Å²) >= 11 is 6.14. The third-order valence-corrected chi connectivity index (χ3v) is 5.96. The molecular formula is C24H26ClN3O3. The van der Waals surface area contributed by atoms with Crippen molar-refractivity contribution in [2.24, 2.45) is 0 Å². The van der Waals surface area contributed by atoms with Gasteiger partial charge in [-0.05, 0) is 55.3 Å². The molecule has 1 saturated heterocycles. The predicted octanol–water partition coefficient (Wildman–Crippen LogP) is 4.59. The molecule has 1 fully saturated rings. The van der Waals surface area contributed by atoms with Gasteiger partial charge < -0.3 is 14.4 Å². The van der Waals surface area contributed by atoms with Crippen LogP contribution >= 0.6 is 11.6 Å². The van der Waals surface area contributed by atoms with Gasteiger partial charge in [-0.3, -0.25) is 9.69 Å². The van der Waals surface area contributed by atoms with E-state index in [0.717, 1.165) is 48.6 Å². The van der Waals surface area contributed by atoms with Crippen LogP contribution in [0.1, 0.15) is 37.3 Å². The van der Waals surface area contributed by atoms with Gasteiger partial charge in [0.15, 0.2) is 11.5 Å². The van der Waals surface area contributed by atoms with Crippen LogP contribution in [0.4, 0.5) is 5.69 Å². The van der Waals surface area contributed by atoms with Gasteiger partial charge in [-0.1, -0.05) is 23.7 Å². The molecular weight excluding hydrogens is 414 g/mol. The Kier molecular flexibility index (Phi) is 6.96.